The maximum absolute atomic E-state index is 13.4. The van der Waals surface area contributed by atoms with Crippen molar-refractivity contribution in [3.05, 3.63) is 12.3 Å². The van der Waals surface area contributed by atoms with E-state index in [-0.39, 0.29) is 11.4 Å². The third kappa shape index (κ3) is 1.45. The van der Waals surface area contributed by atoms with Crippen LogP contribution >= 0.6 is 0 Å². The van der Waals surface area contributed by atoms with Gasteiger partial charge in [-0.1, -0.05) is 0 Å². The standard InChI is InChI=1S/C6H10F2N6/c7-6(8)13(4(9)10)2-1-3-14(6)5(11)12/h1-2H,3H2,(H3,9,10)(H3,11,12). The zero-order chi connectivity index (χ0) is 10.9. The van der Waals surface area contributed by atoms with Crippen LogP contribution in [0.4, 0.5) is 8.78 Å². The molecule has 6 nitrogen and oxygen atoms in total. The number of nitrogens with one attached hydrogen (secondary N) is 2. The molecule has 0 saturated carbocycles. The predicted octanol–water partition coefficient (Wildman–Crippen LogP) is -0.545. The zero-order valence-electron chi connectivity index (χ0n) is 7.17. The Bertz CT molecular complexity index is 299. The first-order valence-corrected chi connectivity index (χ1v) is 3.67. The van der Waals surface area contributed by atoms with E-state index in [1.54, 1.807) is 0 Å². The molecule has 1 aliphatic rings. The Morgan fingerprint density at radius 2 is 1.86 bits per heavy atom. The summed E-state index contributed by atoms with van der Waals surface area (Å²) in [6.07, 6.45) is -1.24. The number of nitrogens with two attached hydrogens (primary N) is 2. The topological polar surface area (TPSA) is 106 Å². The summed E-state index contributed by atoms with van der Waals surface area (Å²) >= 11 is 0. The summed E-state index contributed by atoms with van der Waals surface area (Å²) in [4.78, 5) is 0.562. The van der Waals surface area contributed by atoms with Gasteiger partial charge in [0.15, 0.2) is 11.9 Å². The van der Waals surface area contributed by atoms with Crippen molar-refractivity contribution in [1.82, 2.24) is 9.80 Å². The molecule has 0 radical (unpaired) electrons. The summed E-state index contributed by atoms with van der Waals surface area (Å²) in [5.41, 5.74) is 9.91. The van der Waals surface area contributed by atoms with E-state index in [0.29, 0.717) is 4.90 Å². The molecule has 0 fully saturated rings. The van der Waals surface area contributed by atoms with Crippen LogP contribution in [0, 0.1) is 10.8 Å². The van der Waals surface area contributed by atoms with Crippen LogP contribution in [0.2, 0.25) is 0 Å². The minimum Gasteiger partial charge on any atom is -0.370 e. The Morgan fingerprint density at radius 3 is 2.29 bits per heavy atom. The van der Waals surface area contributed by atoms with Gasteiger partial charge in [0.05, 0.1) is 0 Å². The summed E-state index contributed by atoms with van der Waals surface area (Å²) in [6.45, 7) is -0.188. The van der Waals surface area contributed by atoms with Crippen LogP contribution in [0.3, 0.4) is 0 Å². The van der Waals surface area contributed by atoms with Crippen molar-refractivity contribution in [2.75, 3.05) is 6.54 Å². The van der Waals surface area contributed by atoms with Crippen molar-refractivity contribution in [1.29, 1.82) is 10.8 Å². The van der Waals surface area contributed by atoms with Crippen molar-refractivity contribution in [3.63, 3.8) is 0 Å². The summed E-state index contributed by atoms with van der Waals surface area (Å²) < 4.78 is 26.8. The molecule has 0 aromatic rings. The first-order chi connectivity index (χ1) is 6.37. The summed E-state index contributed by atoms with van der Waals surface area (Å²) in [6, 6.07) is 0. The monoisotopic (exact) mass is 204 g/mol. The highest BCUT2D eigenvalue weighted by atomic mass is 19.3. The van der Waals surface area contributed by atoms with Crippen LogP contribution < -0.4 is 11.5 Å². The Kier molecular flexibility index (Phi) is 2.28. The molecule has 14 heavy (non-hydrogen) atoms. The highest BCUT2D eigenvalue weighted by Gasteiger charge is 2.46. The first kappa shape index (κ1) is 10.2. The molecular weight excluding hydrogens is 194 g/mol. The molecule has 0 aromatic heterocycles. The predicted molar refractivity (Wildman–Crippen MR) is 46.5 cm³/mol. The number of nitrogens with zero attached hydrogens (tertiary/aromatic N) is 2. The van der Waals surface area contributed by atoms with Gasteiger partial charge in [-0.05, 0) is 6.08 Å². The lowest BCUT2D eigenvalue weighted by Gasteiger charge is -2.39. The number of halogens is 2. The first-order valence-electron chi connectivity index (χ1n) is 3.67. The van der Waals surface area contributed by atoms with E-state index < -0.39 is 18.1 Å². The Balaban J connectivity index is 3.03. The molecule has 0 atom stereocenters. The third-order valence-corrected chi connectivity index (χ3v) is 1.71. The van der Waals surface area contributed by atoms with Crippen molar-refractivity contribution < 1.29 is 8.78 Å². The van der Waals surface area contributed by atoms with Gasteiger partial charge in [-0.25, -0.2) is 4.90 Å². The Morgan fingerprint density at radius 1 is 1.29 bits per heavy atom. The minimum atomic E-state index is -3.56. The van der Waals surface area contributed by atoms with Crippen LogP contribution in [-0.4, -0.2) is 34.4 Å². The SMILES string of the molecule is N=C(N)N1C=CCN(C(=N)N)C1(F)F. The van der Waals surface area contributed by atoms with Crippen LogP contribution in [0.5, 0.6) is 0 Å². The second-order valence-electron chi connectivity index (χ2n) is 2.65. The van der Waals surface area contributed by atoms with Gasteiger partial charge in [0.2, 0.25) is 0 Å². The van der Waals surface area contributed by atoms with E-state index in [1.165, 1.54) is 6.08 Å². The van der Waals surface area contributed by atoms with E-state index in [4.69, 9.17) is 22.3 Å². The van der Waals surface area contributed by atoms with Crippen LogP contribution in [0.25, 0.3) is 0 Å². The fourth-order valence-corrected chi connectivity index (χ4v) is 1.06. The van der Waals surface area contributed by atoms with Gasteiger partial charge in [0.1, 0.15) is 0 Å². The molecule has 1 aliphatic heterocycles. The molecule has 0 bridgehead atoms. The van der Waals surface area contributed by atoms with Crippen LogP contribution in [0.15, 0.2) is 12.3 Å². The third-order valence-electron chi connectivity index (χ3n) is 1.71. The average Bonchev–Trinajstić information content (AvgIpc) is 2.01. The molecule has 1 rings (SSSR count). The molecule has 78 valence electrons. The van der Waals surface area contributed by atoms with E-state index in [2.05, 4.69) is 0 Å². The molecule has 8 heteroatoms. The number of rotatable bonds is 0. The van der Waals surface area contributed by atoms with Gasteiger partial charge >= 0.3 is 6.17 Å². The maximum atomic E-state index is 13.4. The summed E-state index contributed by atoms with van der Waals surface area (Å²) in [7, 11) is 0. The molecule has 0 aliphatic carbocycles. The number of guanidine groups is 2. The highest BCUT2D eigenvalue weighted by molar-refractivity contribution is 5.79. The van der Waals surface area contributed by atoms with Crippen molar-refractivity contribution >= 4 is 11.9 Å². The van der Waals surface area contributed by atoms with Crippen molar-refractivity contribution in [2.45, 2.75) is 6.17 Å². The highest BCUT2D eigenvalue weighted by Crippen LogP contribution is 2.27. The molecule has 0 unspecified atom stereocenters. The number of alkyl halides is 2. The largest absolute Gasteiger partial charge is 0.422 e. The van der Waals surface area contributed by atoms with Crippen LogP contribution in [-0.2, 0) is 0 Å². The van der Waals surface area contributed by atoms with Gasteiger partial charge in [-0.2, -0.15) is 8.78 Å². The zero-order valence-corrected chi connectivity index (χ0v) is 7.17. The van der Waals surface area contributed by atoms with Gasteiger partial charge in [-0.3, -0.25) is 15.7 Å². The Labute approximate surface area is 78.8 Å². The quantitative estimate of drug-likeness (QED) is 0.241. The summed E-state index contributed by atoms with van der Waals surface area (Å²) in [5.74, 6) is -1.58. The van der Waals surface area contributed by atoms with E-state index in [1.807, 2.05) is 0 Å². The lowest BCUT2D eigenvalue weighted by molar-refractivity contribution is -0.186. The van der Waals surface area contributed by atoms with E-state index in [9.17, 15) is 8.78 Å². The minimum absolute atomic E-state index is 0.188. The molecule has 0 amide bonds. The van der Waals surface area contributed by atoms with E-state index in [0.717, 1.165) is 6.20 Å². The van der Waals surface area contributed by atoms with E-state index >= 15 is 0 Å². The molecule has 1 heterocycles. The smallest absolute Gasteiger partial charge is 0.370 e. The average molecular weight is 204 g/mol. The number of hydrogen-bond acceptors (Lipinski definition) is 2. The molecule has 6 N–H and O–H groups in total. The normalized spacial score (nSPS) is 19.6. The van der Waals surface area contributed by atoms with Gasteiger partial charge in [0, 0.05) is 12.7 Å². The van der Waals surface area contributed by atoms with Gasteiger partial charge < -0.3 is 11.5 Å². The van der Waals surface area contributed by atoms with Gasteiger partial charge in [0.25, 0.3) is 0 Å². The van der Waals surface area contributed by atoms with Crippen molar-refractivity contribution in [2.24, 2.45) is 11.5 Å². The lowest BCUT2D eigenvalue weighted by atomic mass is 10.4. The molecular formula is C6H10F2N6. The number of hydrogen-bond donors (Lipinski definition) is 4. The fourth-order valence-electron chi connectivity index (χ4n) is 1.06. The Hall–Kier alpha value is -1.86. The fraction of sp³-hybridized carbons (Fsp3) is 0.333. The lowest BCUT2D eigenvalue weighted by Crippen LogP contribution is -2.61. The second kappa shape index (κ2) is 3.13. The molecule has 0 spiro atoms. The van der Waals surface area contributed by atoms with Crippen LogP contribution in [0.1, 0.15) is 0 Å². The summed E-state index contributed by atoms with van der Waals surface area (Å²) in [5, 5.41) is 13.8. The maximum Gasteiger partial charge on any atom is 0.422 e. The molecule has 0 saturated heterocycles. The second-order valence-corrected chi connectivity index (χ2v) is 2.65. The molecule has 0 aromatic carbocycles. The van der Waals surface area contributed by atoms with Crippen molar-refractivity contribution in [3.8, 4) is 0 Å². The van der Waals surface area contributed by atoms with Gasteiger partial charge in [-0.15, -0.1) is 0 Å².